The average Bonchev–Trinajstić information content (AvgIpc) is 2.33. The Labute approximate surface area is 91.3 Å². The van der Waals surface area contributed by atoms with Gasteiger partial charge in [0.2, 0.25) is 0 Å². The smallest absolute Gasteiger partial charge is 0.101 e. The van der Waals surface area contributed by atoms with Gasteiger partial charge < -0.3 is 4.74 Å². The largest absolute Gasteiger partial charge is 0.379 e. The third-order valence-electron chi connectivity index (χ3n) is 3.33. The Balaban J connectivity index is 1.96. The molecule has 0 aromatic rings. The van der Waals surface area contributed by atoms with E-state index in [0.29, 0.717) is 5.92 Å². The van der Waals surface area contributed by atoms with Crippen molar-refractivity contribution in [3.05, 3.63) is 12.2 Å². The van der Waals surface area contributed by atoms with Gasteiger partial charge in [-0.05, 0) is 25.2 Å². The van der Waals surface area contributed by atoms with Gasteiger partial charge in [-0.2, -0.15) is 5.26 Å². The highest BCUT2D eigenvalue weighted by molar-refractivity contribution is 5.02. The fourth-order valence-corrected chi connectivity index (χ4v) is 2.44. The molecule has 0 bridgehead atoms. The molecule has 0 saturated carbocycles. The second kappa shape index (κ2) is 5.29. The van der Waals surface area contributed by atoms with Gasteiger partial charge in [0, 0.05) is 13.1 Å². The third kappa shape index (κ3) is 2.58. The summed E-state index contributed by atoms with van der Waals surface area (Å²) < 4.78 is 5.32. The zero-order chi connectivity index (χ0) is 10.5. The second-order valence-electron chi connectivity index (χ2n) is 4.27. The van der Waals surface area contributed by atoms with Crippen LogP contribution >= 0.6 is 0 Å². The minimum Gasteiger partial charge on any atom is -0.379 e. The molecule has 2 rings (SSSR count). The first kappa shape index (κ1) is 10.7. The lowest BCUT2D eigenvalue weighted by Gasteiger charge is -2.35. The van der Waals surface area contributed by atoms with E-state index in [4.69, 9.17) is 4.74 Å². The van der Waals surface area contributed by atoms with Crippen LogP contribution in [0, 0.1) is 17.2 Å². The highest BCUT2D eigenvalue weighted by atomic mass is 16.5. The van der Waals surface area contributed by atoms with Crippen LogP contribution in [0.2, 0.25) is 0 Å². The summed E-state index contributed by atoms with van der Waals surface area (Å²) in [5.41, 5.74) is 0. The molecule has 82 valence electrons. The van der Waals surface area contributed by atoms with Gasteiger partial charge in [-0.25, -0.2) is 0 Å². The van der Waals surface area contributed by atoms with Crippen LogP contribution in [0.1, 0.15) is 19.3 Å². The minimum atomic E-state index is 0.0962. The van der Waals surface area contributed by atoms with Crippen LogP contribution in [0.5, 0.6) is 0 Å². The van der Waals surface area contributed by atoms with Gasteiger partial charge in [0.05, 0.1) is 19.3 Å². The molecule has 1 saturated heterocycles. The molecular weight excluding hydrogens is 188 g/mol. The van der Waals surface area contributed by atoms with Gasteiger partial charge in [-0.1, -0.05) is 12.2 Å². The predicted molar refractivity (Wildman–Crippen MR) is 58.3 cm³/mol. The number of hydrogen-bond acceptors (Lipinski definition) is 3. The maximum absolute atomic E-state index is 9.27. The molecule has 1 aliphatic heterocycles. The Morgan fingerprint density at radius 3 is 2.73 bits per heavy atom. The van der Waals surface area contributed by atoms with Crippen molar-refractivity contribution in [1.29, 1.82) is 5.26 Å². The maximum Gasteiger partial charge on any atom is 0.101 e. The monoisotopic (exact) mass is 206 g/mol. The van der Waals surface area contributed by atoms with Crippen molar-refractivity contribution >= 4 is 0 Å². The molecule has 3 heteroatoms. The first-order chi connectivity index (χ1) is 7.42. The van der Waals surface area contributed by atoms with Gasteiger partial charge in [0.25, 0.3) is 0 Å². The minimum absolute atomic E-state index is 0.0962. The Bertz CT molecular complexity index is 263. The Kier molecular flexibility index (Phi) is 3.76. The van der Waals surface area contributed by atoms with E-state index in [-0.39, 0.29) is 6.04 Å². The quantitative estimate of drug-likeness (QED) is 0.643. The molecule has 2 unspecified atom stereocenters. The van der Waals surface area contributed by atoms with Crippen LogP contribution in [0.25, 0.3) is 0 Å². The number of nitrogens with zero attached hydrogens (tertiary/aromatic N) is 2. The number of nitriles is 1. The lowest BCUT2D eigenvalue weighted by atomic mass is 9.87. The highest BCUT2D eigenvalue weighted by Gasteiger charge is 2.28. The topological polar surface area (TPSA) is 36.3 Å². The fourth-order valence-electron chi connectivity index (χ4n) is 2.44. The summed E-state index contributed by atoms with van der Waals surface area (Å²) in [6, 6.07) is 2.57. The zero-order valence-corrected chi connectivity index (χ0v) is 9.06. The van der Waals surface area contributed by atoms with Gasteiger partial charge in [0.15, 0.2) is 0 Å². The molecule has 0 amide bonds. The number of morpholine rings is 1. The average molecular weight is 206 g/mol. The molecule has 1 heterocycles. The van der Waals surface area contributed by atoms with Crippen LogP contribution in [-0.2, 0) is 4.74 Å². The number of rotatable bonds is 2. The van der Waals surface area contributed by atoms with Crippen molar-refractivity contribution in [3.63, 3.8) is 0 Å². The Hall–Kier alpha value is -0.850. The van der Waals surface area contributed by atoms with E-state index in [1.807, 2.05) is 0 Å². The summed E-state index contributed by atoms with van der Waals surface area (Å²) in [7, 11) is 0. The molecule has 1 aliphatic carbocycles. The Morgan fingerprint density at radius 2 is 2.13 bits per heavy atom. The summed E-state index contributed by atoms with van der Waals surface area (Å²) in [4.78, 5) is 2.29. The van der Waals surface area contributed by atoms with E-state index in [1.54, 1.807) is 0 Å². The van der Waals surface area contributed by atoms with Crippen molar-refractivity contribution in [2.45, 2.75) is 25.3 Å². The standard InChI is InChI=1S/C12H18N2O/c13-10-12(11-4-2-1-3-5-11)14-6-8-15-9-7-14/h1-2,11-12H,3-9H2. The summed E-state index contributed by atoms with van der Waals surface area (Å²) in [6.45, 7) is 3.39. The molecule has 0 radical (unpaired) electrons. The molecule has 0 N–H and O–H groups in total. The molecule has 0 aromatic carbocycles. The van der Waals surface area contributed by atoms with Crippen molar-refractivity contribution in [1.82, 2.24) is 4.90 Å². The Morgan fingerprint density at radius 1 is 1.33 bits per heavy atom. The van der Waals surface area contributed by atoms with Crippen molar-refractivity contribution < 1.29 is 4.74 Å². The van der Waals surface area contributed by atoms with Crippen LogP contribution in [0.15, 0.2) is 12.2 Å². The molecule has 3 nitrogen and oxygen atoms in total. The van der Waals surface area contributed by atoms with E-state index >= 15 is 0 Å². The lowest BCUT2D eigenvalue weighted by Crippen LogP contribution is -2.46. The predicted octanol–water partition coefficient (Wildman–Crippen LogP) is 1.57. The highest BCUT2D eigenvalue weighted by Crippen LogP contribution is 2.25. The molecular formula is C12H18N2O. The van der Waals surface area contributed by atoms with Crippen molar-refractivity contribution in [2.75, 3.05) is 26.3 Å². The van der Waals surface area contributed by atoms with E-state index in [0.717, 1.165) is 45.6 Å². The third-order valence-corrected chi connectivity index (χ3v) is 3.33. The number of hydrogen-bond donors (Lipinski definition) is 0. The molecule has 1 fully saturated rings. The van der Waals surface area contributed by atoms with E-state index in [9.17, 15) is 5.26 Å². The summed E-state index contributed by atoms with van der Waals surface area (Å²) in [5.74, 6) is 0.526. The van der Waals surface area contributed by atoms with Crippen LogP contribution in [0.3, 0.4) is 0 Å². The van der Waals surface area contributed by atoms with Gasteiger partial charge in [-0.15, -0.1) is 0 Å². The normalized spacial score (nSPS) is 29.7. The van der Waals surface area contributed by atoms with Crippen molar-refractivity contribution in [2.24, 2.45) is 5.92 Å². The molecule has 0 spiro atoms. The lowest BCUT2D eigenvalue weighted by molar-refractivity contribution is 0.0150. The first-order valence-corrected chi connectivity index (χ1v) is 5.78. The van der Waals surface area contributed by atoms with Crippen LogP contribution in [-0.4, -0.2) is 37.2 Å². The fraction of sp³-hybridized carbons (Fsp3) is 0.750. The van der Waals surface area contributed by atoms with Crippen molar-refractivity contribution in [3.8, 4) is 6.07 Å². The summed E-state index contributed by atoms with van der Waals surface area (Å²) in [6.07, 6.45) is 7.80. The van der Waals surface area contributed by atoms with Crippen LogP contribution < -0.4 is 0 Å². The van der Waals surface area contributed by atoms with E-state index < -0.39 is 0 Å². The van der Waals surface area contributed by atoms with E-state index in [1.165, 1.54) is 0 Å². The molecule has 2 atom stereocenters. The second-order valence-corrected chi connectivity index (χ2v) is 4.27. The number of allylic oxidation sites excluding steroid dienone is 2. The maximum atomic E-state index is 9.27. The summed E-state index contributed by atoms with van der Waals surface area (Å²) >= 11 is 0. The van der Waals surface area contributed by atoms with Gasteiger partial charge >= 0.3 is 0 Å². The van der Waals surface area contributed by atoms with E-state index in [2.05, 4.69) is 23.1 Å². The molecule has 0 aromatic heterocycles. The van der Waals surface area contributed by atoms with Crippen LogP contribution in [0.4, 0.5) is 0 Å². The van der Waals surface area contributed by atoms with Gasteiger partial charge in [-0.3, -0.25) is 4.90 Å². The van der Waals surface area contributed by atoms with Gasteiger partial charge in [0.1, 0.15) is 6.04 Å². The molecule has 15 heavy (non-hydrogen) atoms. The number of ether oxygens (including phenoxy) is 1. The first-order valence-electron chi connectivity index (χ1n) is 5.78. The molecule has 2 aliphatic rings. The summed E-state index contributed by atoms with van der Waals surface area (Å²) in [5, 5.41) is 9.27. The zero-order valence-electron chi connectivity index (χ0n) is 9.06. The SMILES string of the molecule is N#CC(C1CC=CCC1)N1CCOCC1.